The van der Waals surface area contributed by atoms with Gasteiger partial charge in [0.15, 0.2) is 0 Å². The van der Waals surface area contributed by atoms with Crippen LogP contribution in [0.1, 0.15) is 16.1 Å². The summed E-state index contributed by atoms with van der Waals surface area (Å²) in [6.45, 7) is 1.57. The number of nitrogens with zero attached hydrogens (tertiary/aromatic N) is 1. The molecule has 0 fully saturated rings. The van der Waals surface area contributed by atoms with Crippen molar-refractivity contribution >= 4 is 34.8 Å². The maximum Gasteiger partial charge on any atom is 0.261 e. The topological polar surface area (TPSA) is 55.1 Å². The molecule has 0 saturated carbocycles. The molecule has 0 unspecified atom stereocenters. The van der Waals surface area contributed by atoms with E-state index in [4.69, 9.17) is 27.7 Å². The summed E-state index contributed by atoms with van der Waals surface area (Å²) < 4.78 is 19.2. The van der Waals surface area contributed by atoms with Gasteiger partial charge < -0.3 is 9.84 Å². The van der Waals surface area contributed by atoms with Crippen molar-refractivity contribution < 1.29 is 13.7 Å². The number of nitrogens with one attached hydrogen (secondary N) is 1. The van der Waals surface area contributed by atoms with Crippen molar-refractivity contribution in [1.82, 2.24) is 5.16 Å². The second-order valence-corrected chi connectivity index (χ2v) is 5.86. The molecular formula is C17H11Cl2FN2O2. The molecule has 0 aliphatic rings. The van der Waals surface area contributed by atoms with Gasteiger partial charge in [0.25, 0.3) is 5.91 Å². The summed E-state index contributed by atoms with van der Waals surface area (Å²) in [5.74, 6) is -0.808. The van der Waals surface area contributed by atoms with Crippen LogP contribution < -0.4 is 5.32 Å². The van der Waals surface area contributed by atoms with Crippen molar-refractivity contribution in [2.45, 2.75) is 6.92 Å². The van der Waals surface area contributed by atoms with Crippen LogP contribution in [0.15, 0.2) is 47.0 Å². The molecule has 0 aliphatic heterocycles. The number of aromatic nitrogens is 1. The lowest BCUT2D eigenvalue weighted by Crippen LogP contribution is -2.13. The highest BCUT2D eigenvalue weighted by atomic mass is 35.5. The molecule has 24 heavy (non-hydrogen) atoms. The third kappa shape index (κ3) is 3.13. The number of carbonyl (C=O) groups excluding carboxylic acids is 1. The molecule has 0 spiro atoms. The summed E-state index contributed by atoms with van der Waals surface area (Å²) in [6, 6.07) is 10.8. The van der Waals surface area contributed by atoms with E-state index in [-0.39, 0.29) is 27.6 Å². The van der Waals surface area contributed by atoms with Crippen molar-refractivity contribution in [3.8, 4) is 11.3 Å². The van der Waals surface area contributed by atoms with Crippen LogP contribution in [0.4, 0.5) is 10.1 Å². The van der Waals surface area contributed by atoms with Crippen LogP contribution in [-0.2, 0) is 0 Å². The molecule has 122 valence electrons. The molecule has 1 aromatic heterocycles. The number of carbonyl (C=O) groups is 1. The zero-order valence-corrected chi connectivity index (χ0v) is 14.0. The number of amides is 1. The third-order valence-corrected chi connectivity index (χ3v) is 3.96. The molecule has 0 bridgehead atoms. The summed E-state index contributed by atoms with van der Waals surface area (Å²) in [5, 5.41) is 7.19. The Bertz CT molecular complexity index is 887. The van der Waals surface area contributed by atoms with Gasteiger partial charge in [-0.05, 0) is 43.3 Å². The van der Waals surface area contributed by atoms with Crippen LogP contribution in [0.3, 0.4) is 0 Å². The maximum absolute atomic E-state index is 14.1. The van der Waals surface area contributed by atoms with E-state index < -0.39 is 11.7 Å². The fraction of sp³-hybridized carbons (Fsp3) is 0.0588. The molecule has 2 aromatic carbocycles. The SMILES string of the molecule is Cc1onc(-c2c(F)cccc2Cl)c1C(=O)Nc1ccc(Cl)cc1. The van der Waals surface area contributed by atoms with Gasteiger partial charge in [-0.15, -0.1) is 0 Å². The summed E-state index contributed by atoms with van der Waals surface area (Å²) in [6.07, 6.45) is 0. The third-order valence-electron chi connectivity index (χ3n) is 3.39. The lowest BCUT2D eigenvalue weighted by atomic mass is 10.0. The number of benzene rings is 2. The lowest BCUT2D eigenvalue weighted by molar-refractivity contribution is 0.102. The van der Waals surface area contributed by atoms with Crippen LogP contribution in [0, 0.1) is 12.7 Å². The number of aryl methyl sites for hydroxylation is 1. The molecule has 3 aromatic rings. The smallest absolute Gasteiger partial charge is 0.261 e. The Labute approximate surface area is 147 Å². The van der Waals surface area contributed by atoms with E-state index in [1.807, 2.05) is 0 Å². The molecule has 1 heterocycles. The van der Waals surface area contributed by atoms with E-state index in [1.165, 1.54) is 18.2 Å². The normalized spacial score (nSPS) is 10.7. The van der Waals surface area contributed by atoms with E-state index in [0.29, 0.717) is 10.7 Å². The van der Waals surface area contributed by atoms with Crippen LogP contribution in [0.5, 0.6) is 0 Å². The number of halogens is 3. The summed E-state index contributed by atoms with van der Waals surface area (Å²) in [5.41, 5.74) is 0.742. The number of hydrogen-bond acceptors (Lipinski definition) is 3. The van der Waals surface area contributed by atoms with Crippen LogP contribution in [-0.4, -0.2) is 11.1 Å². The Morgan fingerprint density at radius 3 is 2.54 bits per heavy atom. The largest absolute Gasteiger partial charge is 0.360 e. The predicted molar refractivity (Wildman–Crippen MR) is 91.0 cm³/mol. The summed E-state index contributed by atoms with van der Waals surface area (Å²) >= 11 is 11.9. The molecule has 4 nitrogen and oxygen atoms in total. The standard InChI is InChI=1S/C17H11Cl2FN2O2/c1-9-14(17(23)21-11-7-5-10(18)6-8-11)16(22-24-9)15-12(19)3-2-4-13(15)20/h2-8H,1H3,(H,21,23). The second-order valence-electron chi connectivity index (χ2n) is 5.02. The van der Waals surface area contributed by atoms with Crippen LogP contribution >= 0.6 is 23.2 Å². The minimum Gasteiger partial charge on any atom is -0.360 e. The van der Waals surface area contributed by atoms with Crippen molar-refractivity contribution in [3.05, 3.63) is 69.7 Å². The average molecular weight is 365 g/mol. The van der Waals surface area contributed by atoms with Crippen molar-refractivity contribution in [2.75, 3.05) is 5.32 Å². The Morgan fingerprint density at radius 1 is 1.17 bits per heavy atom. The number of hydrogen-bond donors (Lipinski definition) is 1. The quantitative estimate of drug-likeness (QED) is 0.681. The van der Waals surface area contributed by atoms with E-state index >= 15 is 0 Å². The van der Waals surface area contributed by atoms with Gasteiger partial charge in [0.2, 0.25) is 0 Å². The zero-order chi connectivity index (χ0) is 17.3. The number of rotatable bonds is 3. The van der Waals surface area contributed by atoms with E-state index in [0.717, 1.165) is 0 Å². The highest BCUT2D eigenvalue weighted by Crippen LogP contribution is 2.33. The molecule has 7 heteroatoms. The lowest BCUT2D eigenvalue weighted by Gasteiger charge is -2.07. The Morgan fingerprint density at radius 2 is 1.88 bits per heavy atom. The summed E-state index contributed by atoms with van der Waals surface area (Å²) in [4.78, 5) is 12.6. The highest BCUT2D eigenvalue weighted by molar-refractivity contribution is 6.33. The Balaban J connectivity index is 2.01. The van der Waals surface area contributed by atoms with Crippen LogP contribution in [0.25, 0.3) is 11.3 Å². The molecule has 1 amide bonds. The number of anilines is 1. The zero-order valence-electron chi connectivity index (χ0n) is 12.4. The van der Waals surface area contributed by atoms with Gasteiger partial charge in [0, 0.05) is 10.7 Å². The monoisotopic (exact) mass is 364 g/mol. The van der Waals surface area contributed by atoms with E-state index in [2.05, 4.69) is 10.5 Å². The van der Waals surface area contributed by atoms with Gasteiger partial charge in [-0.3, -0.25) is 4.79 Å². The molecule has 0 radical (unpaired) electrons. The van der Waals surface area contributed by atoms with E-state index in [9.17, 15) is 9.18 Å². The van der Waals surface area contributed by atoms with Gasteiger partial charge >= 0.3 is 0 Å². The highest BCUT2D eigenvalue weighted by Gasteiger charge is 2.25. The van der Waals surface area contributed by atoms with Gasteiger partial charge in [0.05, 0.1) is 10.6 Å². The molecule has 1 N–H and O–H groups in total. The first kappa shape index (κ1) is 16.5. The fourth-order valence-electron chi connectivity index (χ4n) is 2.26. The molecule has 0 aliphatic carbocycles. The first-order valence-corrected chi connectivity index (χ1v) is 7.70. The van der Waals surface area contributed by atoms with Gasteiger partial charge in [-0.25, -0.2) is 4.39 Å². The Hall–Kier alpha value is -2.37. The van der Waals surface area contributed by atoms with Gasteiger partial charge in [-0.1, -0.05) is 34.4 Å². The first-order valence-electron chi connectivity index (χ1n) is 6.95. The molecule has 0 atom stereocenters. The van der Waals surface area contributed by atoms with Gasteiger partial charge in [-0.2, -0.15) is 0 Å². The predicted octanol–water partition coefficient (Wildman–Crippen LogP) is 5.35. The molecule has 0 saturated heterocycles. The Kier molecular flexibility index (Phi) is 4.55. The van der Waals surface area contributed by atoms with Crippen LogP contribution in [0.2, 0.25) is 10.0 Å². The van der Waals surface area contributed by atoms with Crippen molar-refractivity contribution in [3.63, 3.8) is 0 Å². The van der Waals surface area contributed by atoms with E-state index in [1.54, 1.807) is 31.2 Å². The minimum atomic E-state index is -0.587. The molecule has 3 rings (SSSR count). The average Bonchev–Trinajstić information content (AvgIpc) is 2.91. The summed E-state index contributed by atoms with van der Waals surface area (Å²) in [7, 11) is 0. The van der Waals surface area contributed by atoms with Crippen molar-refractivity contribution in [2.24, 2.45) is 0 Å². The fourth-order valence-corrected chi connectivity index (χ4v) is 2.64. The molecular weight excluding hydrogens is 354 g/mol. The van der Waals surface area contributed by atoms with Crippen molar-refractivity contribution in [1.29, 1.82) is 0 Å². The maximum atomic E-state index is 14.1. The first-order chi connectivity index (χ1) is 11.5. The minimum absolute atomic E-state index is 0.0253. The van der Waals surface area contributed by atoms with Gasteiger partial charge in [0.1, 0.15) is 22.8 Å². The second kappa shape index (κ2) is 6.63.